The van der Waals surface area contributed by atoms with Crippen molar-refractivity contribution in [1.82, 2.24) is 20.2 Å². The molecule has 154 valence electrons. The molecule has 0 spiro atoms. The van der Waals surface area contributed by atoms with Gasteiger partial charge in [0, 0.05) is 43.0 Å². The maximum atomic E-state index is 12.8. The van der Waals surface area contributed by atoms with Gasteiger partial charge < -0.3 is 10.2 Å². The number of carbonyl (C=O) groups is 2. The normalized spacial score (nSPS) is 16.6. The molecule has 2 aromatic rings. The summed E-state index contributed by atoms with van der Waals surface area (Å²) >= 11 is 0. The number of hydrogen-bond acceptors (Lipinski definition) is 4. The van der Waals surface area contributed by atoms with Crippen molar-refractivity contribution in [2.24, 2.45) is 0 Å². The molecule has 1 N–H and O–H groups in total. The lowest BCUT2D eigenvalue weighted by Gasteiger charge is -2.32. The van der Waals surface area contributed by atoms with Gasteiger partial charge in [0.25, 0.3) is 0 Å². The van der Waals surface area contributed by atoms with Crippen LogP contribution in [-0.2, 0) is 22.4 Å². The lowest BCUT2D eigenvalue weighted by Crippen LogP contribution is -2.40. The van der Waals surface area contributed by atoms with Gasteiger partial charge in [0.15, 0.2) is 0 Å². The van der Waals surface area contributed by atoms with E-state index in [1.165, 1.54) is 5.56 Å². The average molecular weight is 395 g/mol. The Morgan fingerprint density at radius 3 is 2.52 bits per heavy atom. The van der Waals surface area contributed by atoms with Crippen LogP contribution in [0.5, 0.6) is 0 Å². The van der Waals surface area contributed by atoms with Gasteiger partial charge >= 0.3 is 0 Å². The third-order valence-corrected chi connectivity index (χ3v) is 5.63. The van der Waals surface area contributed by atoms with Crippen molar-refractivity contribution in [2.45, 2.75) is 52.4 Å². The van der Waals surface area contributed by atoms with Gasteiger partial charge in [0.2, 0.25) is 11.8 Å². The van der Waals surface area contributed by atoms with E-state index in [1.54, 1.807) is 7.05 Å². The first-order valence-electron chi connectivity index (χ1n) is 10.2. The van der Waals surface area contributed by atoms with Gasteiger partial charge in [0.05, 0.1) is 12.8 Å². The Morgan fingerprint density at radius 1 is 1.14 bits per heavy atom. The maximum Gasteiger partial charge on any atom is 0.227 e. The molecule has 1 aliphatic rings. The molecule has 1 saturated heterocycles. The van der Waals surface area contributed by atoms with Crippen molar-refractivity contribution < 1.29 is 9.59 Å². The van der Waals surface area contributed by atoms with E-state index in [-0.39, 0.29) is 17.7 Å². The van der Waals surface area contributed by atoms with Gasteiger partial charge in [-0.3, -0.25) is 9.59 Å². The van der Waals surface area contributed by atoms with Crippen molar-refractivity contribution in [3.63, 3.8) is 0 Å². The Hall–Kier alpha value is -2.76. The topological polar surface area (TPSA) is 75.2 Å². The van der Waals surface area contributed by atoms with E-state index in [4.69, 9.17) is 9.97 Å². The fourth-order valence-corrected chi connectivity index (χ4v) is 3.98. The summed E-state index contributed by atoms with van der Waals surface area (Å²) in [5.41, 5.74) is 4.80. The fraction of sp³-hybridized carbons (Fsp3) is 0.478. The van der Waals surface area contributed by atoms with Crippen molar-refractivity contribution >= 4 is 11.8 Å². The van der Waals surface area contributed by atoms with Crippen LogP contribution in [0, 0.1) is 20.8 Å². The number of piperidine rings is 1. The van der Waals surface area contributed by atoms with Crippen LogP contribution in [0.4, 0.5) is 0 Å². The summed E-state index contributed by atoms with van der Waals surface area (Å²) in [5.74, 6) is 1.04. The summed E-state index contributed by atoms with van der Waals surface area (Å²) < 4.78 is 0. The Kier molecular flexibility index (Phi) is 6.62. The summed E-state index contributed by atoms with van der Waals surface area (Å²) in [5, 5.41) is 2.65. The van der Waals surface area contributed by atoms with Gasteiger partial charge in [-0.05, 0) is 39.2 Å². The SMILES string of the molecule is CNC(=O)Cc1c(C)nc([C@@H]2CCCN(C(=O)Cc3cccc(C)c3)C2)nc1C. The molecule has 1 aliphatic heterocycles. The van der Waals surface area contributed by atoms with Crippen LogP contribution in [0.2, 0.25) is 0 Å². The largest absolute Gasteiger partial charge is 0.359 e. The predicted octanol–water partition coefficient (Wildman–Crippen LogP) is 2.64. The minimum absolute atomic E-state index is 0.0434. The minimum Gasteiger partial charge on any atom is -0.359 e. The van der Waals surface area contributed by atoms with E-state index in [0.717, 1.165) is 47.7 Å². The molecule has 2 heterocycles. The summed E-state index contributed by atoms with van der Waals surface area (Å²) in [6.07, 6.45) is 2.65. The summed E-state index contributed by atoms with van der Waals surface area (Å²) in [6.45, 7) is 7.34. The molecule has 1 aromatic heterocycles. The number of rotatable bonds is 5. The average Bonchev–Trinajstić information content (AvgIpc) is 2.70. The maximum absolute atomic E-state index is 12.8. The molecular formula is C23H30N4O2. The molecule has 0 unspecified atom stereocenters. The zero-order valence-electron chi connectivity index (χ0n) is 17.8. The number of likely N-dealkylation sites (tertiary alicyclic amines) is 1. The lowest BCUT2D eigenvalue weighted by molar-refractivity contribution is -0.131. The number of hydrogen-bond donors (Lipinski definition) is 1. The van der Waals surface area contributed by atoms with Crippen molar-refractivity contribution in [3.8, 4) is 0 Å². The summed E-state index contributed by atoms with van der Waals surface area (Å²) in [6, 6.07) is 8.12. The molecule has 0 bridgehead atoms. The van der Waals surface area contributed by atoms with Crippen LogP contribution in [0.3, 0.4) is 0 Å². The fourth-order valence-electron chi connectivity index (χ4n) is 3.98. The number of nitrogens with zero attached hydrogens (tertiary/aromatic N) is 3. The third-order valence-electron chi connectivity index (χ3n) is 5.63. The number of aromatic nitrogens is 2. The lowest BCUT2D eigenvalue weighted by atomic mass is 9.95. The molecule has 6 heteroatoms. The molecular weight excluding hydrogens is 364 g/mol. The Morgan fingerprint density at radius 2 is 1.86 bits per heavy atom. The molecule has 29 heavy (non-hydrogen) atoms. The third kappa shape index (κ3) is 5.19. The van der Waals surface area contributed by atoms with Crippen molar-refractivity contribution in [2.75, 3.05) is 20.1 Å². The van der Waals surface area contributed by atoms with Crippen LogP contribution in [0.15, 0.2) is 24.3 Å². The highest BCUT2D eigenvalue weighted by atomic mass is 16.2. The molecule has 1 atom stereocenters. The van der Waals surface area contributed by atoms with E-state index in [2.05, 4.69) is 11.4 Å². The van der Waals surface area contributed by atoms with Gasteiger partial charge in [0.1, 0.15) is 5.82 Å². The molecule has 0 aliphatic carbocycles. The quantitative estimate of drug-likeness (QED) is 0.846. The molecule has 0 radical (unpaired) electrons. The molecule has 6 nitrogen and oxygen atoms in total. The zero-order valence-corrected chi connectivity index (χ0v) is 17.8. The van der Waals surface area contributed by atoms with Crippen molar-refractivity contribution in [3.05, 3.63) is 58.2 Å². The second kappa shape index (κ2) is 9.16. The second-order valence-electron chi connectivity index (χ2n) is 7.93. The Bertz CT molecular complexity index is 886. The van der Waals surface area contributed by atoms with E-state index >= 15 is 0 Å². The van der Waals surface area contributed by atoms with Crippen LogP contribution in [0.1, 0.15) is 52.7 Å². The highest BCUT2D eigenvalue weighted by Gasteiger charge is 2.27. The van der Waals surface area contributed by atoms with Gasteiger partial charge in [-0.25, -0.2) is 9.97 Å². The van der Waals surface area contributed by atoms with Crippen LogP contribution >= 0.6 is 0 Å². The van der Waals surface area contributed by atoms with E-state index in [1.807, 2.05) is 43.9 Å². The molecule has 1 aromatic carbocycles. The van der Waals surface area contributed by atoms with E-state index in [0.29, 0.717) is 19.4 Å². The van der Waals surface area contributed by atoms with Crippen LogP contribution in [-0.4, -0.2) is 46.8 Å². The predicted molar refractivity (Wildman–Crippen MR) is 113 cm³/mol. The molecule has 3 rings (SSSR count). The highest BCUT2D eigenvalue weighted by Crippen LogP contribution is 2.26. The number of aryl methyl sites for hydroxylation is 3. The number of nitrogens with one attached hydrogen (secondary N) is 1. The van der Waals surface area contributed by atoms with Crippen LogP contribution < -0.4 is 5.32 Å². The minimum atomic E-state index is -0.0434. The number of benzene rings is 1. The van der Waals surface area contributed by atoms with Gasteiger partial charge in [-0.1, -0.05) is 29.8 Å². The molecule has 0 saturated carbocycles. The van der Waals surface area contributed by atoms with E-state index < -0.39 is 0 Å². The Balaban J connectivity index is 1.71. The van der Waals surface area contributed by atoms with Crippen LogP contribution in [0.25, 0.3) is 0 Å². The zero-order chi connectivity index (χ0) is 21.0. The first kappa shape index (κ1) is 21.0. The van der Waals surface area contributed by atoms with Gasteiger partial charge in [-0.2, -0.15) is 0 Å². The van der Waals surface area contributed by atoms with E-state index in [9.17, 15) is 9.59 Å². The highest BCUT2D eigenvalue weighted by molar-refractivity contribution is 5.79. The van der Waals surface area contributed by atoms with Crippen molar-refractivity contribution in [1.29, 1.82) is 0 Å². The summed E-state index contributed by atoms with van der Waals surface area (Å²) in [4.78, 5) is 35.9. The molecule has 1 fully saturated rings. The molecule has 2 amide bonds. The van der Waals surface area contributed by atoms with Gasteiger partial charge in [-0.15, -0.1) is 0 Å². The second-order valence-corrected chi connectivity index (χ2v) is 7.93. The number of carbonyl (C=O) groups excluding carboxylic acids is 2. The number of amides is 2. The summed E-state index contributed by atoms with van der Waals surface area (Å²) in [7, 11) is 1.63. The number of likely N-dealkylation sites (N-methyl/N-ethyl adjacent to an activating group) is 1. The monoisotopic (exact) mass is 394 g/mol. The smallest absolute Gasteiger partial charge is 0.227 e. The Labute approximate surface area is 172 Å². The first-order chi connectivity index (χ1) is 13.9. The first-order valence-corrected chi connectivity index (χ1v) is 10.2. The standard InChI is InChI=1S/C23H30N4O2/c1-15-7-5-8-18(11-15)12-22(29)27-10-6-9-19(14-27)23-25-16(2)20(17(3)26-23)13-21(28)24-4/h5,7-8,11,19H,6,9-10,12-14H2,1-4H3,(H,24,28)/t19-/m1/s1.